The lowest BCUT2D eigenvalue weighted by molar-refractivity contribution is -0.176. The molecular weight excluding hydrogens is 128 g/mol. The molecule has 1 aliphatic carbocycles. The number of ether oxygens (including phenoxy) is 1. The van der Waals surface area contributed by atoms with E-state index in [1.807, 2.05) is 0 Å². The van der Waals surface area contributed by atoms with E-state index in [9.17, 15) is 5.11 Å². The first-order valence-corrected chi connectivity index (χ1v) is 4.11. The highest BCUT2D eigenvalue weighted by atomic mass is 16.6. The van der Waals surface area contributed by atoms with E-state index < -0.39 is 6.29 Å². The van der Waals surface area contributed by atoms with Crippen LogP contribution in [0.1, 0.15) is 32.1 Å². The van der Waals surface area contributed by atoms with Crippen molar-refractivity contribution in [2.75, 3.05) is 6.61 Å². The predicted molar refractivity (Wildman–Crippen MR) is 37.5 cm³/mol. The van der Waals surface area contributed by atoms with E-state index in [0.717, 1.165) is 13.0 Å². The van der Waals surface area contributed by atoms with Crippen molar-refractivity contribution in [3.63, 3.8) is 0 Å². The van der Waals surface area contributed by atoms with Crippen LogP contribution in [-0.4, -0.2) is 18.0 Å². The van der Waals surface area contributed by atoms with Gasteiger partial charge in [-0.2, -0.15) is 0 Å². The van der Waals surface area contributed by atoms with Gasteiger partial charge in [-0.05, 0) is 24.7 Å². The van der Waals surface area contributed by atoms with Crippen LogP contribution in [0, 0.1) is 5.41 Å². The second kappa shape index (κ2) is 2.21. The molecule has 1 saturated heterocycles. The third-order valence-electron chi connectivity index (χ3n) is 2.96. The molecule has 2 nitrogen and oxygen atoms in total. The summed E-state index contributed by atoms with van der Waals surface area (Å²) in [5.41, 5.74) is 0.498. The van der Waals surface area contributed by atoms with E-state index in [0.29, 0.717) is 5.41 Å². The Labute approximate surface area is 61.2 Å². The zero-order valence-electron chi connectivity index (χ0n) is 6.18. The lowest BCUT2D eigenvalue weighted by atomic mass is 9.64. The van der Waals surface area contributed by atoms with E-state index >= 15 is 0 Å². The standard InChI is InChI=1S/C8H14O2/c9-7-6-8(2-1-3-8)4-5-10-7/h7,9H,1-6H2/t7-/m0/s1. The molecule has 1 saturated carbocycles. The molecule has 1 atom stereocenters. The quantitative estimate of drug-likeness (QED) is 0.552. The summed E-state index contributed by atoms with van der Waals surface area (Å²) in [7, 11) is 0. The Morgan fingerprint density at radius 2 is 2.10 bits per heavy atom. The Kier molecular flexibility index (Phi) is 1.46. The molecule has 0 aromatic rings. The number of hydrogen-bond donors (Lipinski definition) is 1. The fourth-order valence-corrected chi connectivity index (χ4v) is 2.07. The van der Waals surface area contributed by atoms with Gasteiger partial charge in [-0.1, -0.05) is 6.42 Å². The van der Waals surface area contributed by atoms with E-state index in [1.165, 1.54) is 25.7 Å². The molecule has 58 valence electrons. The molecule has 0 amide bonds. The second-order valence-electron chi connectivity index (χ2n) is 3.63. The van der Waals surface area contributed by atoms with E-state index in [-0.39, 0.29) is 0 Å². The Morgan fingerprint density at radius 3 is 2.50 bits per heavy atom. The van der Waals surface area contributed by atoms with Crippen LogP contribution in [0.25, 0.3) is 0 Å². The summed E-state index contributed by atoms with van der Waals surface area (Å²) in [6.07, 6.45) is 5.57. The molecule has 1 spiro atoms. The van der Waals surface area contributed by atoms with Gasteiger partial charge in [-0.15, -0.1) is 0 Å². The van der Waals surface area contributed by atoms with Crippen molar-refractivity contribution in [1.29, 1.82) is 0 Å². The van der Waals surface area contributed by atoms with Gasteiger partial charge >= 0.3 is 0 Å². The number of aliphatic hydroxyl groups is 1. The molecule has 0 aromatic heterocycles. The highest BCUT2D eigenvalue weighted by molar-refractivity contribution is 4.89. The summed E-state index contributed by atoms with van der Waals surface area (Å²) in [5.74, 6) is 0. The zero-order chi connectivity index (χ0) is 7.03. The van der Waals surface area contributed by atoms with Crippen LogP contribution in [0.4, 0.5) is 0 Å². The van der Waals surface area contributed by atoms with Gasteiger partial charge in [0, 0.05) is 6.42 Å². The van der Waals surface area contributed by atoms with Crippen molar-refractivity contribution in [2.45, 2.75) is 38.4 Å². The van der Waals surface area contributed by atoms with Crippen LogP contribution in [0.3, 0.4) is 0 Å². The van der Waals surface area contributed by atoms with Gasteiger partial charge < -0.3 is 9.84 Å². The largest absolute Gasteiger partial charge is 0.368 e. The number of hydrogen-bond acceptors (Lipinski definition) is 2. The van der Waals surface area contributed by atoms with Gasteiger partial charge in [0.25, 0.3) is 0 Å². The summed E-state index contributed by atoms with van der Waals surface area (Å²) < 4.78 is 5.06. The topological polar surface area (TPSA) is 29.5 Å². The molecule has 1 aliphatic heterocycles. The summed E-state index contributed by atoms with van der Waals surface area (Å²) >= 11 is 0. The van der Waals surface area contributed by atoms with Crippen molar-refractivity contribution in [3.05, 3.63) is 0 Å². The fraction of sp³-hybridized carbons (Fsp3) is 1.00. The van der Waals surface area contributed by atoms with Gasteiger partial charge in [0.05, 0.1) is 6.61 Å². The predicted octanol–water partition coefficient (Wildman–Crippen LogP) is 1.29. The van der Waals surface area contributed by atoms with Crippen molar-refractivity contribution in [3.8, 4) is 0 Å². The number of rotatable bonds is 0. The lowest BCUT2D eigenvalue weighted by Gasteiger charge is -2.46. The average Bonchev–Trinajstić information content (AvgIpc) is 1.85. The minimum absolute atomic E-state index is 0.464. The Balaban J connectivity index is 1.96. The minimum Gasteiger partial charge on any atom is -0.368 e. The van der Waals surface area contributed by atoms with Crippen molar-refractivity contribution >= 4 is 0 Å². The molecule has 2 heteroatoms. The minimum atomic E-state index is -0.464. The second-order valence-corrected chi connectivity index (χ2v) is 3.63. The van der Waals surface area contributed by atoms with Gasteiger partial charge in [-0.25, -0.2) is 0 Å². The summed E-state index contributed by atoms with van der Waals surface area (Å²) in [4.78, 5) is 0. The highest BCUT2D eigenvalue weighted by Gasteiger charge is 2.40. The molecule has 0 bridgehead atoms. The van der Waals surface area contributed by atoms with Gasteiger partial charge in [0.2, 0.25) is 0 Å². The molecule has 2 rings (SSSR count). The van der Waals surface area contributed by atoms with Crippen LogP contribution in [0.5, 0.6) is 0 Å². The average molecular weight is 142 g/mol. The van der Waals surface area contributed by atoms with E-state index in [4.69, 9.17) is 4.74 Å². The third kappa shape index (κ3) is 0.956. The van der Waals surface area contributed by atoms with Crippen LogP contribution < -0.4 is 0 Å². The Bertz CT molecular complexity index is 129. The van der Waals surface area contributed by atoms with E-state index in [1.54, 1.807) is 0 Å². The smallest absolute Gasteiger partial charge is 0.155 e. The van der Waals surface area contributed by atoms with Crippen LogP contribution in [0.15, 0.2) is 0 Å². The molecular formula is C8H14O2. The van der Waals surface area contributed by atoms with Gasteiger partial charge in [0.1, 0.15) is 0 Å². The first-order valence-electron chi connectivity index (χ1n) is 4.11. The fourth-order valence-electron chi connectivity index (χ4n) is 2.07. The first-order chi connectivity index (χ1) is 4.81. The Hall–Kier alpha value is -0.0800. The van der Waals surface area contributed by atoms with Crippen molar-refractivity contribution in [2.24, 2.45) is 5.41 Å². The van der Waals surface area contributed by atoms with Crippen molar-refractivity contribution in [1.82, 2.24) is 0 Å². The molecule has 10 heavy (non-hydrogen) atoms. The molecule has 1 N–H and O–H groups in total. The molecule has 1 heterocycles. The molecule has 2 fully saturated rings. The third-order valence-corrected chi connectivity index (χ3v) is 2.96. The SMILES string of the molecule is O[C@@H]1CC2(CCC2)CCO1. The summed E-state index contributed by atoms with van der Waals surface area (Å²) in [6.45, 7) is 0.765. The van der Waals surface area contributed by atoms with Crippen LogP contribution >= 0.6 is 0 Å². The van der Waals surface area contributed by atoms with Crippen molar-refractivity contribution < 1.29 is 9.84 Å². The summed E-state index contributed by atoms with van der Waals surface area (Å²) in [6, 6.07) is 0. The maximum Gasteiger partial charge on any atom is 0.155 e. The molecule has 0 aromatic carbocycles. The van der Waals surface area contributed by atoms with Gasteiger partial charge in [0.15, 0.2) is 6.29 Å². The normalized spacial score (nSPS) is 37.5. The van der Waals surface area contributed by atoms with Gasteiger partial charge in [-0.3, -0.25) is 0 Å². The maximum absolute atomic E-state index is 9.19. The van der Waals surface area contributed by atoms with E-state index in [2.05, 4.69) is 0 Å². The monoisotopic (exact) mass is 142 g/mol. The molecule has 2 aliphatic rings. The molecule has 0 unspecified atom stereocenters. The number of aliphatic hydroxyl groups excluding tert-OH is 1. The maximum atomic E-state index is 9.19. The van der Waals surface area contributed by atoms with Crippen LogP contribution in [0.2, 0.25) is 0 Å². The zero-order valence-corrected chi connectivity index (χ0v) is 6.18. The Morgan fingerprint density at radius 1 is 1.30 bits per heavy atom. The lowest BCUT2D eigenvalue weighted by Crippen LogP contribution is -2.39. The highest BCUT2D eigenvalue weighted by Crippen LogP contribution is 2.49. The first kappa shape index (κ1) is 6.62. The molecule has 0 radical (unpaired) electrons. The summed E-state index contributed by atoms with van der Waals surface area (Å²) in [5, 5.41) is 9.19. The van der Waals surface area contributed by atoms with Crippen LogP contribution in [-0.2, 0) is 4.74 Å².